The first-order chi connectivity index (χ1) is 9.58. The molecule has 0 fully saturated rings. The molecule has 0 aliphatic carbocycles. The fraction of sp³-hybridized carbons (Fsp3) is 0.400. The maximum atomic E-state index is 6.22. The Labute approximate surface area is 129 Å². The van der Waals surface area contributed by atoms with E-state index in [0.717, 1.165) is 34.2 Å². The zero-order valence-corrected chi connectivity index (χ0v) is 13.4. The summed E-state index contributed by atoms with van der Waals surface area (Å²) in [5, 5.41) is 5.22. The molecule has 0 bridgehead atoms. The molecule has 0 saturated carbocycles. The van der Waals surface area contributed by atoms with Crippen LogP contribution in [0, 0.1) is 0 Å². The van der Waals surface area contributed by atoms with E-state index in [1.165, 1.54) is 5.69 Å². The van der Waals surface area contributed by atoms with Crippen molar-refractivity contribution in [2.75, 3.05) is 5.75 Å². The van der Waals surface area contributed by atoms with Crippen LogP contribution in [0.15, 0.2) is 35.2 Å². The Hall–Kier alpha value is -0.970. The highest BCUT2D eigenvalue weighted by molar-refractivity contribution is 7.99. The first kappa shape index (κ1) is 15.4. The van der Waals surface area contributed by atoms with Gasteiger partial charge in [-0.15, -0.1) is 11.8 Å². The molecule has 1 unspecified atom stereocenters. The van der Waals surface area contributed by atoms with E-state index in [9.17, 15) is 0 Å². The quantitative estimate of drug-likeness (QED) is 0.833. The Kier molecular flexibility index (Phi) is 5.52. The molecule has 0 spiro atoms. The van der Waals surface area contributed by atoms with Gasteiger partial charge in [0.2, 0.25) is 0 Å². The third-order valence-electron chi connectivity index (χ3n) is 3.12. The Morgan fingerprint density at radius 1 is 1.40 bits per heavy atom. The van der Waals surface area contributed by atoms with Crippen molar-refractivity contribution in [3.8, 4) is 0 Å². The van der Waals surface area contributed by atoms with Gasteiger partial charge in [-0.3, -0.25) is 4.68 Å². The topological polar surface area (TPSA) is 43.8 Å². The average molecular weight is 310 g/mol. The molecular weight excluding hydrogens is 290 g/mol. The summed E-state index contributed by atoms with van der Waals surface area (Å²) >= 11 is 7.71. The molecule has 0 radical (unpaired) electrons. The number of aryl methyl sites for hydroxylation is 2. The van der Waals surface area contributed by atoms with Crippen LogP contribution in [-0.4, -0.2) is 21.6 Å². The van der Waals surface area contributed by atoms with E-state index in [1.807, 2.05) is 29.9 Å². The third-order valence-corrected chi connectivity index (χ3v) is 4.54. The SMILES string of the molecule is CCc1cc(CC(N)CSc2cccc(Cl)c2)n(C)n1. The van der Waals surface area contributed by atoms with E-state index in [-0.39, 0.29) is 6.04 Å². The van der Waals surface area contributed by atoms with Crippen molar-refractivity contribution in [1.29, 1.82) is 0 Å². The van der Waals surface area contributed by atoms with Gasteiger partial charge < -0.3 is 5.73 Å². The van der Waals surface area contributed by atoms with Gasteiger partial charge in [0, 0.05) is 40.9 Å². The molecule has 0 aliphatic heterocycles. The minimum absolute atomic E-state index is 0.110. The maximum absolute atomic E-state index is 6.22. The monoisotopic (exact) mass is 309 g/mol. The molecule has 1 heterocycles. The van der Waals surface area contributed by atoms with Crippen molar-refractivity contribution in [3.63, 3.8) is 0 Å². The summed E-state index contributed by atoms with van der Waals surface area (Å²) in [7, 11) is 1.98. The van der Waals surface area contributed by atoms with E-state index in [1.54, 1.807) is 11.8 Å². The predicted molar refractivity (Wildman–Crippen MR) is 86.4 cm³/mol. The van der Waals surface area contributed by atoms with Gasteiger partial charge in [0.1, 0.15) is 0 Å². The highest BCUT2D eigenvalue weighted by Crippen LogP contribution is 2.22. The summed E-state index contributed by atoms with van der Waals surface area (Å²) < 4.78 is 1.93. The second-order valence-corrected chi connectivity index (χ2v) is 6.37. The molecule has 2 aromatic rings. The van der Waals surface area contributed by atoms with Gasteiger partial charge in [-0.2, -0.15) is 5.10 Å². The van der Waals surface area contributed by atoms with Gasteiger partial charge in [-0.05, 0) is 30.7 Å². The van der Waals surface area contributed by atoms with Crippen molar-refractivity contribution in [2.24, 2.45) is 12.8 Å². The smallest absolute Gasteiger partial charge is 0.0624 e. The maximum Gasteiger partial charge on any atom is 0.0624 e. The molecule has 2 N–H and O–H groups in total. The first-order valence-corrected chi connectivity index (χ1v) is 8.10. The summed E-state index contributed by atoms with van der Waals surface area (Å²) in [4.78, 5) is 1.16. The van der Waals surface area contributed by atoms with Gasteiger partial charge in [-0.25, -0.2) is 0 Å². The van der Waals surface area contributed by atoms with Gasteiger partial charge in [0.05, 0.1) is 5.69 Å². The minimum atomic E-state index is 0.110. The van der Waals surface area contributed by atoms with Crippen LogP contribution >= 0.6 is 23.4 Å². The van der Waals surface area contributed by atoms with Gasteiger partial charge in [-0.1, -0.05) is 24.6 Å². The zero-order valence-electron chi connectivity index (χ0n) is 11.8. The highest BCUT2D eigenvalue weighted by atomic mass is 35.5. The Morgan fingerprint density at radius 2 is 2.20 bits per heavy atom. The minimum Gasteiger partial charge on any atom is -0.327 e. The largest absolute Gasteiger partial charge is 0.327 e. The number of hydrogen-bond acceptors (Lipinski definition) is 3. The first-order valence-electron chi connectivity index (χ1n) is 6.74. The second kappa shape index (κ2) is 7.16. The van der Waals surface area contributed by atoms with Crippen molar-refractivity contribution in [1.82, 2.24) is 9.78 Å². The predicted octanol–water partition coefficient (Wildman–Crippen LogP) is 3.30. The molecule has 2 rings (SSSR count). The van der Waals surface area contributed by atoms with E-state index < -0.39 is 0 Å². The molecule has 0 aliphatic rings. The van der Waals surface area contributed by atoms with Crippen LogP contribution in [0.2, 0.25) is 5.02 Å². The molecule has 1 atom stereocenters. The van der Waals surface area contributed by atoms with Crippen LogP contribution in [0.5, 0.6) is 0 Å². The summed E-state index contributed by atoms with van der Waals surface area (Å²) in [6.45, 7) is 2.11. The van der Waals surface area contributed by atoms with Crippen molar-refractivity contribution >= 4 is 23.4 Å². The normalized spacial score (nSPS) is 12.6. The van der Waals surface area contributed by atoms with Crippen LogP contribution in [0.25, 0.3) is 0 Å². The van der Waals surface area contributed by atoms with E-state index >= 15 is 0 Å². The Morgan fingerprint density at radius 3 is 2.85 bits per heavy atom. The van der Waals surface area contributed by atoms with Crippen LogP contribution in [-0.2, 0) is 19.9 Å². The number of benzene rings is 1. The number of aromatic nitrogens is 2. The summed E-state index contributed by atoms with van der Waals surface area (Å²) in [5.41, 5.74) is 8.53. The average Bonchev–Trinajstić information content (AvgIpc) is 2.77. The van der Waals surface area contributed by atoms with Crippen LogP contribution in [0.4, 0.5) is 0 Å². The molecule has 5 heteroatoms. The fourth-order valence-corrected chi connectivity index (χ4v) is 3.19. The number of nitrogens with two attached hydrogens (primary N) is 1. The van der Waals surface area contributed by atoms with Gasteiger partial charge in [0.25, 0.3) is 0 Å². The van der Waals surface area contributed by atoms with Crippen molar-refractivity contribution < 1.29 is 0 Å². The number of hydrogen-bond donors (Lipinski definition) is 1. The van der Waals surface area contributed by atoms with Gasteiger partial charge in [0.15, 0.2) is 0 Å². The highest BCUT2D eigenvalue weighted by Gasteiger charge is 2.10. The lowest BCUT2D eigenvalue weighted by Gasteiger charge is -2.11. The van der Waals surface area contributed by atoms with Crippen molar-refractivity contribution in [3.05, 3.63) is 46.7 Å². The van der Waals surface area contributed by atoms with Crippen LogP contribution in [0.3, 0.4) is 0 Å². The molecule has 0 saturated heterocycles. The van der Waals surface area contributed by atoms with Crippen LogP contribution in [0.1, 0.15) is 18.3 Å². The van der Waals surface area contributed by atoms with Gasteiger partial charge >= 0.3 is 0 Å². The zero-order chi connectivity index (χ0) is 14.5. The summed E-state index contributed by atoms with van der Waals surface area (Å²) in [6.07, 6.45) is 1.80. The number of halogens is 1. The molecule has 0 amide bonds. The lowest BCUT2D eigenvalue weighted by molar-refractivity contribution is 0.650. The second-order valence-electron chi connectivity index (χ2n) is 4.84. The number of thioether (sulfide) groups is 1. The third kappa shape index (κ3) is 4.27. The lowest BCUT2D eigenvalue weighted by atomic mass is 10.2. The van der Waals surface area contributed by atoms with E-state index in [0.29, 0.717) is 0 Å². The molecule has 1 aromatic carbocycles. The molecule has 1 aromatic heterocycles. The Balaban J connectivity index is 1.89. The molecule has 108 valence electrons. The van der Waals surface area contributed by atoms with Crippen molar-refractivity contribution in [2.45, 2.75) is 30.7 Å². The molecule has 3 nitrogen and oxygen atoms in total. The number of nitrogens with zero attached hydrogens (tertiary/aromatic N) is 2. The van der Waals surface area contributed by atoms with E-state index in [4.69, 9.17) is 17.3 Å². The Bertz CT molecular complexity index is 568. The van der Waals surface area contributed by atoms with Crippen LogP contribution < -0.4 is 5.73 Å². The standard InChI is InChI=1S/C15H20ClN3S/c1-3-13-9-14(19(2)18-13)8-12(17)10-20-15-6-4-5-11(16)7-15/h4-7,9,12H,3,8,10,17H2,1-2H3. The molecule has 20 heavy (non-hydrogen) atoms. The molecular formula is C15H20ClN3S. The fourth-order valence-electron chi connectivity index (χ4n) is 2.02. The summed E-state index contributed by atoms with van der Waals surface area (Å²) in [6, 6.07) is 10.1. The van der Waals surface area contributed by atoms with E-state index in [2.05, 4.69) is 24.2 Å². The lowest BCUT2D eigenvalue weighted by Crippen LogP contribution is -2.26. The number of rotatable bonds is 6. The summed E-state index contributed by atoms with van der Waals surface area (Å²) in [5.74, 6) is 0.868.